The van der Waals surface area contributed by atoms with Gasteiger partial charge in [-0.15, -0.1) is 0 Å². The fourth-order valence-corrected chi connectivity index (χ4v) is 3.89. The Morgan fingerprint density at radius 3 is 2.00 bits per heavy atom. The lowest BCUT2D eigenvalue weighted by atomic mass is 9.91. The van der Waals surface area contributed by atoms with E-state index < -0.39 is 36.5 Å². The van der Waals surface area contributed by atoms with Gasteiger partial charge in [-0.2, -0.15) is 0 Å². The largest absolute Gasteiger partial charge is 0.480 e. The van der Waals surface area contributed by atoms with Gasteiger partial charge in [0, 0.05) is 11.1 Å². The van der Waals surface area contributed by atoms with Crippen LogP contribution in [0.15, 0.2) is 78.9 Å². The van der Waals surface area contributed by atoms with Crippen LogP contribution < -0.4 is 10.5 Å². The van der Waals surface area contributed by atoms with Gasteiger partial charge in [0.15, 0.2) is 0 Å². The Bertz CT molecular complexity index is 1130. The van der Waals surface area contributed by atoms with Gasteiger partial charge >= 0.3 is 12.1 Å². The molecule has 3 aromatic rings. The summed E-state index contributed by atoms with van der Waals surface area (Å²) in [6.07, 6.45) is -1.46. The van der Waals surface area contributed by atoms with Crippen LogP contribution in [-0.2, 0) is 20.9 Å². The van der Waals surface area contributed by atoms with E-state index in [0.717, 1.165) is 10.5 Å². The molecule has 3 aromatic carbocycles. The fraction of sp³-hybridized carbons (Fsp3) is 0.160. The van der Waals surface area contributed by atoms with E-state index in [9.17, 15) is 19.5 Å². The molecule has 33 heavy (non-hydrogen) atoms. The standard InChI is InChI=1S/C25H22N2O6/c26-22(28)14-19(24(29)30)27(25(31)32-15-16-8-2-1-3-9-16)23-17-10-4-6-12-20(17)33-21-13-7-5-11-18(21)23/h1-13,19,23H,14-15H2,(H2,26,28)(H,29,30). The molecule has 0 saturated heterocycles. The summed E-state index contributed by atoms with van der Waals surface area (Å²) in [4.78, 5) is 38.5. The molecule has 0 bridgehead atoms. The van der Waals surface area contributed by atoms with E-state index in [0.29, 0.717) is 22.6 Å². The van der Waals surface area contributed by atoms with Crippen LogP contribution >= 0.6 is 0 Å². The Hall–Kier alpha value is -4.33. The fourth-order valence-electron chi connectivity index (χ4n) is 3.89. The first-order valence-corrected chi connectivity index (χ1v) is 10.3. The van der Waals surface area contributed by atoms with Crippen LogP contribution in [0, 0.1) is 0 Å². The lowest BCUT2D eigenvalue weighted by molar-refractivity contribution is -0.145. The molecule has 0 aromatic heterocycles. The number of hydrogen-bond donors (Lipinski definition) is 2. The first-order valence-electron chi connectivity index (χ1n) is 10.3. The Labute approximate surface area is 190 Å². The van der Waals surface area contributed by atoms with Gasteiger partial charge < -0.3 is 20.3 Å². The summed E-state index contributed by atoms with van der Waals surface area (Å²) in [6.45, 7) is -0.0639. The zero-order valence-electron chi connectivity index (χ0n) is 17.6. The molecule has 1 aliphatic rings. The van der Waals surface area contributed by atoms with E-state index in [2.05, 4.69) is 0 Å². The molecular weight excluding hydrogens is 424 g/mol. The minimum atomic E-state index is -1.55. The third kappa shape index (κ3) is 4.64. The number of carboxylic acids is 1. The van der Waals surface area contributed by atoms with E-state index in [1.54, 1.807) is 72.8 Å². The van der Waals surface area contributed by atoms with E-state index in [1.165, 1.54) is 0 Å². The zero-order chi connectivity index (χ0) is 23.4. The highest BCUT2D eigenvalue weighted by Crippen LogP contribution is 2.46. The molecule has 1 aliphatic heterocycles. The molecule has 0 aliphatic carbocycles. The van der Waals surface area contributed by atoms with Crippen LogP contribution in [0.5, 0.6) is 11.5 Å². The number of amides is 2. The third-order valence-electron chi connectivity index (χ3n) is 5.36. The zero-order valence-corrected chi connectivity index (χ0v) is 17.6. The van der Waals surface area contributed by atoms with Crippen LogP contribution in [0.3, 0.4) is 0 Å². The number of primary amides is 1. The van der Waals surface area contributed by atoms with Gasteiger partial charge in [0.1, 0.15) is 24.1 Å². The van der Waals surface area contributed by atoms with Crippen molar-refractivity contribution in [1.82, 2.24) is 4.90 Å². The summed E-state index contributed by atoms with van der Waals surface area (Å²) in [5.74, 6) is -1.26. The van der Waals surface area contributed by atoms with Crippen LogP contribution in [-0.4, -0.2) is 34.0 Å². The highest BCUT2D eigenvalue weighted by atomic mass is 16.6. The highest BCUT2D eigenvalue weighted by molar-refractivity contribution is 5.87. The molecule has 4 rings (SSSR count). The van der Waals surface area contributed by atoms with Gasteiger partial charge in [-0.25, -0.2) is 9.59 Å². The van der Waals surface area contributed by atoms with E-state index in [4.69, 9.17) is 15.2 Å². The number of carbonyl (C=O) groups excluding carboxylic acids is 2. The third-order valence-corrected chi connectivity index (χ3v) is 5.36. The Balaban J connectivity index is 1.80. The monoisotopic (exact) mass is 446 g/mol. The summed E-state index contributed by atoms with van der Waals surface area (Å²) in [5.41, 5.74) is 7.23. The predicted octanol–water partition coefficient (Wildman–Crippen LogP) is 3.85. The highest BCUT2D eigenvalue weighted by Gasteiger charge is 2.42. The molecule has 168 valence electrons. The summed E-state index contributed by atoms with van der Waals surface area (Å²) in [7, 11) is 0. The molecule has 8 nitrogen and oxygen atoms in total. The second-order valence-corrected chi connectivity index (χ2v) is 7.55. The van der Waals surface area contributed by atoms with E-state index in [1.807, 2.05) is 6.07 Å². The number of rotatable bonds is 7. The Kier molecular flexibility index (Phi) is 6.26. The minimum Gasteiger partial charge on any atom is -0.480 e. The number of nitrogens with two attached hydrogens (primary N) is 1. The van der Waals surface area contributed by atoms with Gasteiger partial charge in [-0.3, -0.25) is 9.69 Å². The molecule has 1 heterocycles. The quantitative estimate of drug-likeness (QED) is 0.569. The molecule has 8 heteroatoms. The number of para-hydroxylation sites is 2. The number of carboxylic acid groups (broad SMARTS) is 1. The van der Waals surface area contributed by atoms with Crippen molar-refractivity contribution < 1.29 is 29.0 Å². The first-order chi connectivity index (χ1) is 16.0. The summed E-state index contributed by atoms with van der Waals surface area (Å²) < 4.78 is 11.5. The number of aliphatic carboxylic acids is 1. The van der Waals surface area contributed by atoms with Crippen molar-refractivity contribution in [3.63, 3.8) is 0 Å². The van der Waals surface area contributed by atoms with Crippen molar-refractivity contribution in [3.8, 4) is 11.5 Å². The molecule has 1 atom stereocenters. The number of benzene rings is 3. The number of hydrogen-bond acceptors (Lipinski definition) is 5. The molecule has 1 unspecified atom stereocenters. The molecular formula is C25H22N2O6. The van der Waals surface area contributed by atoms with Crippen molar-refractivity contribution in [2.75, 3.05) is 0 Å². The first kappa shape index (κ1) is 21.9. The maximum Gasteiger partial charge on any atom is 0.411 e. The van der Waals surface area contributed by atoms with Crippen molar-refractivity contribution in [2.45, 2.75) is 25.1 Å². The summed E-state index contributed by atoms with van der Waals surface area (Å²) >= 11 is 0. The molecule has 0 spiro atoms. The van der Waals surface area contributed by atoms with Crippen molar-refractivity contribution in [3.05, 3.63) is 95.6 Å². The van der Waals surface area contributed by atoms with Gasteiger partial charge in [0.25, 0.3) is 0 Å². The average Bonchev–Trinajstić information content (AvgIpc) is 2.82. The average molecular weight is 446 g/mol. The SMILES string of the molecule is NC(=O)CC(C(=O)O)N(C(=O)OCc1ccccc1)C1c2ccccc2Oc2ccccc21. The Morgan fingerprint density at radius 1 is 0.909 bits per heavy atom. The minimum absolute atomic E-state index is 0.0639. The second kappa shape index (κ2) is 9.44. The van der Waals surface area contributed by atoms with Crippen molar-refractivity contribution in [2.24, 2.45) is 5.73 Å². The summed E-state index contributed by atoms with van der Waals surface area (Å²) in [5, 5.41) is 9.96. The van der Waals surface area contributed by atoms with E-state index in [-0.39, 0.29) is 6.61 Å². The van der Waals surface area contributed by atoms with Crippen molar-refractivity contribution >= 4 is 18.0 Å². The van der Waals surface area contributed by atoms with Crippen LogP contribution in [0.2, 0.25) is 0 Å². The molecule has 0 radical (unpaired) electrons. The van der Waals surface area contributed by atoms with Gasteiger partial charge in [-0.1, -0.05) is 66.7 Å². The number of fused-ring (bicyclic) bond motifs is 2. The van der Waals surface area contributed by atoms with Crippen molar-refractivity contribution in [1.29, 1.82) is 0 Å². The molecule has 0 fully saturated rings. The van der Waals surface area contributed by atoms with Gasteiger partial charge in [0.05, 0.1) is 12.5 Å². The van der Waals surface area contributed by atoms with Crippen LogP contribution in [0.1, 0.15) is 29.2 Å². The van der Waals surface area contributed by atoms with Gasteiger partial charge in [0.2, 0.25) is 5.91 Å². The van der Waals surface area contributed by atoms with E-state index >= 15 is 0 Å². The normalized spacial score (nSPS) is 13.1. The van der Waals surface area contributed by atoms with Gasteiger partial charge in [-0.05, 0) is 17.7 Å². The number of nitrogens with zero attached hydrogens (tertiary/aromatic N) is 1. The molecule has 3 N–H and O–H groups in total. The van der Waals surface area contributed by atoms with Crippen LogP contribution in [0.4, 0.5) is 4.79 Å². The second-order valence-electron chi connectivity index (χ2n) is 7.55. The summed E-state index contributed by atoms with van der Waals surface area (Å²) in [6, 6.07) is 20.6. The molecule has 0 saturated carbocycles. The number of ether oxygens (including phenoxy) is 2. The topological polar surface area (TPSA) is 119 Å². The number of carbonyl (C=O) groups is 3. The van der Waals surface area contributed by atoms with Crippen LogP contribution in [0.25, 0.3) is 0 Å². The molecule has 2 amide bonds. The maximum atomic E-state index is 13.4. The predicted molar refractivity (Wildman–Crippen MR) is 119 cm³/mol. The lowest BCUT2D eigenvalue weighted by Crippen LogP contribution is -2.49. The maximum absolute atomic E-state index is 13.4. The smallest absolute Gasteiger partial charge is 0.411 e. The lowest BCUT2D eigenvalue weighted by Gasteiger charge is -2.38. The Morgan fingerprint density at radius 2 is 1.45 bits per heavy atom.